The summed E-state index contributed by atoms with van der Waals surface area (Å²) in [6.45, 7) is 9.27. The van der Waals surface area contributed by atoms with Crippen LogP contribution in [0.5, 0.6) is 0 Å². The Hall–Kier alpha value is -1.05. The fourth-order valence-corrected chi connectivity index (χ4v) is 0.687. The standard InChI is InChI=1S/C11H18O2/c1-5-7-8-10(6-2)13-11(12)9(3)4/h6,8-9H,2,5,7H2,1,3-4H3. The monoisotopic (exact) mass is 182 g/mol. The highest BCUT2D eigenvalue weighted by Gasteiger charge is 2.09. The predicted octanol–water partition coefficient (Wildman–Crippen LogP) is 3.06. The first-order chi connectivity index (χ1) is 6.11. The Morgan fingerprint density at radius 2 is 2.15 bits per heavy atom. The SMILES string of the molecule is C=CC(=CCCC)OC(=O)C(C)C. The van der Waals surface area contributed by atoms with Crippen LogP contribution in [0.3, 0.4) is 0 Å². The van der Waals surface area contributed by atoms with E-state index < -0.39 is 0 Å². The van der Waals surface area contributed by atoms with Crippen molar-refractivity contribution in [1.29, 1.82) is 0 Å². The average molecular weight is 182 g/mol. The zero-order valence-corrected chi connectivity index (χ0v) is 8.67. The van der Waals surface area contributed by atoms with Crippen LogP contribution in [-0.2, 0) is 9.53 Å². The van der Waals surface area contributed by atoms with Gasteiger partial charge in [0, 0.05) is 0 Å². The van der Waals surface area contributed by atoms with E-state index in [4.69, 9.17) is 4.74 Å². The summed E-state index contributed by atoms with van der Waals surface area (Å²) >= 11 is 0. The van der Waals surface area contributed by atoms with Crippen LogP contribution in [0.15, 0.2) is 24.5 Å². The second kappa shape index (κ2) is 6.46. The number of hydrogen-bond acceptors (Lipinski definition) is 2. The molecule has 0 spiro atoms. The highest BCUT2D eigenvalue weighted by Crippen LogP contribution is 2.06. The molecule has 0 N–H and O–H groups in total. The van der Waals surface area contributed by atoms with E-state index in [0.717, 1.165) is 12.8 Å². The maximum absolute atomic E-state index is 11.2. The third kappa shape index (κ3) is 5.23. The summed E-state index contributed by atoms with van der Waals surface area (Å²) < 4.78 is 5.07. The molecular formula is C11H18O2. The summed E-state index contributed by atoms with van der Waals surface area (Å²) in [4.78, 5) is 11.2. The lowest BCUT2D eigenvalue weighted by Crippen LogP contribution is -2.10. The molecule has 0 unspecified atom stereocenters. The van der Waals surface area contributed by atoms with E-state index in [0.29, 0.717) is 5.76 Å². The second-order valence-corrected chi connectivity index (χ2v) is 3.18. The smallest absolute Gasteiger partial charge is 0.313 e. The van der Waals surface area contributed by atoms with Crippen molar-refractivity contribution in [2.75, 3.05) is 0 Å². The lowest BCUT2D eigenvalue weighted by molar-refractivity contribution is -0.142. The lowest BCUT2D eigenvalue weighted by atomic mass is 10.2. The Labute approximate surface area is 80.3 Å². The van der Waals surface area contributed by atoms with Gasteiger partial charge in [-0.05, 0) is 18.6 Å². The Balaban J connectivity index is 4.12. The third-order valence-corrected chi connectivity index (χ3v) is 1.53. The number of ether oxygens (including phenoxy) is 1. The van der Waals surface area contributed by atoms with Crippen molar-refractivity contribution in [3.05, 3.63) is 24.5 Å². The van der Waals surface area contributed by atoms with Crippen LogP contribution < -0.4 is 0 Å². The fraction of sp³-hybridized carbons (Fsp3) is 0.545. The van der Waals surface area contributed by atoms with Crippen molar-refractivity contribution in [3.8, 4) is 0 Å². The maximum Gasteiger partial charge on any atom is 0.313 e. The number of unbranched alkanes of at least 4 members (excludes halogenated alkanes) is 1. The topological polar surface area (TPSA) is 26.3 Å². The number of esters is 1. The van der Waals surface area contributed by atoms with Gasteiger partial charge in [-0.2, -0.15) is 0 Å². The summed E-state index contributed by atoms with van der Waals surface area (Å²) in [7, 11) is 0. The minimum atomic E-state index is -0.206. The first kappa shape index (κ1) is 11.9. The zero-order valence-electron chi connectivity index (χ0n) is 8.67. The van der Waals surface area contributed by atoms with Crippen molar-refractivity contribution < 1.29 is 9.53 Å². The van der Waals surface area contributed by atoms with E-state index in [9.17, 15) is 4.79 Å². The molecule has 0 amide bonds. The lowest BCUT2D eigenvalue weighted by Gasteiger charge is -2.06. The molecule has 0 fully saturated rings. The molecule has 0 aliphatic carbocycles. The van der Waals surface area contributed by atoms with Crippen LogP contribution in [0.1, 0.15) is 33.6 Å². The molecule has 0 aromatic carbocycles. The molecule has 0 aromatic heterocycles. The molecule has 2 heteroatoms. The number of allylic oxidation sites excluding steroid dienone is 2. The molecule has 0 aliphatic rings. The molecule has 74 valence electrons. The van der Waals surface area contributed by atoms with Crippen LogP contribution in [-0.4, -0.2) is 5.97 Å². The fourth-order valence-electron chi connectivity index (χ4n) is 0.687. The average Bonchev–Trinajstić information content (AvgIpc) is 2.11. The van der Waals surface area contributed by atoms with Gasteiger partial charge in [0.2, 0.25) is 0 Å². The first-order valence-electron chi connectivity index (χ1n) is 4.66. The summed E-state index contributed by atoms with van der Waals surface area (Å²) in [6.07, 6.45) is 5.40. The molecule has 2 nitrogen and oxygen atoms in total. The van der Waals surface area contributed by atoms with Gasteiger partial charge in [-0.1, -0.05) is 33.8 Å². The molecule has 0 atom stereocenters. The van der Waals surface area contributed by atoms with Crippen LogP contribution in [0.25, 0.3) is 0 Å². The van der Waals surface area contributed by atoms with Crippen molar-refractivity contribution >= 4 is 5.97 Å². The zero-order chi connectivity index (χ0) is 10.3. The highest BCUT2D eigenvalue weighted by molar-refractivity contribution is 5.72. The van der Waals surface area contributed by atoms with E-state index in [2.05, 4.69) is 13.5 Å². The van der Waals surface area contributed by atoms with Crippen molar-refractivity contribution in [2.24, 2.45) is 5.92 Å². The van der Waals surface area contributed by atoms with Gasteiger partial charge >= 0.3 is 5.97 Å². The largest absolute Gasteiger partial charge is 0.427 e. The third-order valence-electron chi connectivity index (χ3n) is 1.53. The van der Waals surface area contributed by atoms with Gasteiger partial charge in [-0.3, -0.25) is 4.79 Å². The van der Waals surface area contributed by atoms with E-state index in [-0.39, 0.29) is 11.9 Å². The summed E-state index contributed by atoms with van der Waals surface area (Å²) in [6, 6.07) is 0. The number of carbonyl (C=O) groups is 1. The van der Waals surface area contributed by atoms with Gasteiger partial charge < -0.3 is 4.74 Å². The normalized spacial score (nSPS) is 11.5. The first-order valence-corrected chi connectivity index (χ1v) is 4.66. The molecule has 0 aliphatic heterocycles. The maximum atomic E-state index is 11.2. The van der Waals surface area contributed by atoms with Gasteiger partial charge in [0.1, 0.15) is 5.76 Å². The Bertz CT molecular complexity index is 202. The van der Waals surface area contributed by atoms with Gasteiger partial charge in [0.15, 0.2) is 0 Å². The Kier molecular flexibility index (Phi) is 5.94. The van der Waals surface area contributed by atoms with Crippen molar-refractivity contribution in [3.63, 3.8) is 0 Å². The van der Waals surface area contributed by atoms with Crippen LogP contribution in [0.2, 0.25) is 0 Å². The van der Waals surface area contributed by atoms with Gasteiger partial charge in [0.25, 0.3) is 0 Å². The number of hydrogen-bond donors (Lipinski definition) is 0. The van der Waals surface area contributed by atoms with Gasteiger partial charge in [-0.25, -0.2) is 0 Å². The molecule has 0 saturated heterocycles. The van der Waals surface area contributed by atoms with Gasteiger partial charge in [-0.15, -0.1) is 0 Å². The number of rotatable bonds is 5. The van der Waals surface area contributed by atoms with Crippen molar-refractivity contribution in [1.82, 2.24) is 0 Å². The highest BCUT2D eigenvalue weighted by atomic mass is 16.5. The predicted molar refractivity (Wildman–Crippen MR) is 54.1 cm³/mol. The van der Waals surface area contributed by atoms with E-state index >= 15 is 0 Å². The minimum Gasteiger partial charge on any atom is -0.427 e. The van der Waals surface area contributed by atoms with Crippen LogP contribution in [0, 0.1) is 5.92 Å². The molecular weight excluding hydrogens is 164 g/mol. The molecule has 13 heavy (non-hydrogen) atoms. The van der Waals surface area contributed by atoms with Crippen LogP contribution >= 0.6 is 0 Å². The van der Waals surface area contributed by atoms with E-state index in [1.54, 1.807) is 6.08 Å². The quantitative estimate of drug-likeness (QED) is 0.371. The van der Waals surface area contributed by atoms with Crippen LogP contribution in [0.4, 0.5) is 0 Å². The van der Waals surface area contributed by atoms with Crippen molar-refractivity contribution in [2.45, 2.75) is 33.6 Å². The molecule has 0 saturated carbocycles. The Morgan fingerprint density at radius 3 is 2.54 bits per heavy atom. The summed E-state index contributed by atoms with van der Waals surface area (Å²) in [5.74, 6) is 0.271. The molecule has 0 rings (SSSR count). The van der Waals surface area contributed by atoms with E-state index in [1.165, 1.54) is 0 Å². The minimum absolute atomic E-state index is 0.0926. The molecule has 0 heterocycles. The molecule has 0 aromatic rings. The van der Waals surface area contributed by atoms with E-state index in [1.807, 2.05) is 19.9 Å². The second-order valence-electron chi connectivity index (χ2n) is 3.18. The van der Waals surface area contributed by atoms with Gasteiger partial charge in [0.05, 0.1) is 5.92 Å². The summed E-state index contributed by atoms with van der Waals surface area (Å²) in [5, 5.41) is 0. The summed E-state index contributed by atoms with van der Waals surface area (Å²) in [5.41, 5.74) is 0. The number of carbonyl (C=O) groups excluding carboxylic acids is 1. The Morgan fingerprint density at radius 1 is 1.54 bits per heavy atom. The molecule has 0 radical (unpaired) electrons. The molecule has 0 bridgehead atoms.